The number of primary amides is 1. The topological polar surface area (TPSA) is 108 Å². The fraction of sp³-hybridized carbons (Fsp3) is 0.571. The maximum Gasteiger partial charge on any atom is 0.408 e. The zero-order valence-corrected chi connectivity index (χ0v) is 18.1. The number of nitrogens with one attached hydrogen (secondary N) is 1. The van der Waals surface area contributed by atoms with Crippen molar-refractivity contribution in [2.75, 3.05) is 0 Å². The molecule has 0 bridgehead atoms. The van der Waals surface area contributed by atoms with Gasteiger partial charge in [0.1, 0.15) is 17.4 Å². The number of hydrogen-bond donors (Lipinski definition) is 2. The molecule has 156 valence electrons. The number of amides is 2. The normalized spacial score (nSPS) is 12.9. The lowest BCUT2D eigenvalue weighted by atomic mass is 9.78. The number of ether oxygens (including phenoxy) is 2. The average Bonchev–Trinajstić information content (AvgIpc) is 2.41. The highest BCUT2D eigenvalue weighted by Crippen LogP contribution is 2.37. The zero-order chi connectivity index (χ0) is 21.9. The van der Waals surface area contributed by atoms with Crippen molar-refractivity contribution in [2.45, 2.75) is 78.9 Å². The quantitative estimate of drug-likeness (QED) is 0.571. The number of nitrogens with two attached hydrogens (primary N) is 1. The first-order chi connectivity index (χ1) is 12.6. The van der Waals surface area contributed by atoms with E-state index in [0.717, 1.165) is 16.7 Å². The highest BCUT2D eigenvalue weighted by Gasteiger charge is 2.31. The molecule has 0 heterocycles. The van der Waals surface area contributed by atoms with E-state index in [9.17, 15) is 14.4 Å². The lowest BCUT2D eigenvalue weighted by Crippen LogP contribution is -2.43. The Bertz CT molecular complexity index is 763. The Balaban J connectivity index is 3.09. The predicted molar refractivity (Wildman–Crippen MR) is 107 cm³/mol. The molecule has 0 saturated carbocycles. The molecule has 7 nitrogen and oxygen atoms in total. The average molecular weight is 392 g/mol. The second-order valence-electron chi connectivity index (χ2n) is 8.77. The Morgan fingerprint density at radius 3 is 2.18 bits per heavy atom. The number of benzene rings is 1. The van der Waals surface area contributed by atoms with Gasteiger partial charge in [-0.25, -0.2) is 9.59 Å². The number of aryl methyl sites for hydroxylation is 2. The maximum atomic E-state index is 12.6. The maximum absolute atomic E-state index is 12.6. The summed E-state index contributed by atoms with van der Waals surface area (Å²) in [6.45, 7) is 14.2. The zero-order valence-electron chi connectivity index (χ0n) is 18.1. The van der Waals surface area contributed by atoms with Crippen molar-refractivity contribution in [1.82, 2.24) is 5.32 Å². The number of carbonyl (C=O) groups excluding carboxylic acids is 3. The van der Waals surface area contributed by atoms with Crippen LogP contribution in [0.2, 0.25) is 0 Å². The van der Waals surface area contributed by atoms with Gasteiger partial charge in [-0.3, -0.25) is 4.79 Å². The molecule has 1 rings (SSSR count). The van der Waals surface area contributed by atoms with E-state index in [1.54, 1.807) is 26.8 Å². The summed E-state index contributed by atoms with van der Waals surface area (Å²) in [6.07, 6.45) is -0.598. The van der Waals surface area contributed by atoms with Crippen molar-refractivity contribution in [1.29, 1.82) is 0 Å². The standard InChI is InChI=1S/C21H32N2O5/c1-12-9-13(2)17(21(7,8)11-16(22)24)15(10-12)27-18(25)14(3)23-19(26)28-20(4,5)6/h9-10,14H,11H2,1-8H3,(H2,22,24)(H,23,26). The Kier molecular flexibility index (Phi) is 7.23. The van der Waals surface area contributed by atoms with E-state index in [0.29, 0.717) is 5.75 Å². The van der Waals surface area contributed by atoms with Crippen molar-refractivity contribution in [3.8, 4) is 5.75 Å². The number of esters is 1. The van der Waals surface area contributed by atoms with Crippen LogP contribution < -0.4 is 15.8 Å². The molecule has 1 aromatic carbocycles. The van der Waals surface area contributed by atoms with Crippen molar-refractivity contribution in [3.63, 3.8) is 0 Å². The van der Waals surface area contributed by atoms with Crippen LogP contribution >= 0.6 is 0 Å². The van der Waals surface area contributed by atoms with E-state index in [4.69, 9.17) is 15.2 Å². The van der Waals surface area contributed by atoms with Crippen LogP contribution in [0.4, 0.5) is 4.79 Å². The Hall–Kier alpha value is -2.57. The van der Waals surface area contributed by atoms with Crippen LogP contribution in [-0.4, -0.2) is 29.6 Å². The summed E-state index contributed by atoms with van der Waals surface area (Å²) in [5.74, 6) is -0.721. The van der Waals surface area contributed by atoms with Crippen molar-refractivity contribution >= 4 is 18.0 Å². The molecule has 0 aliphatic heterocycles. The Morgan fingerprint density at radius 1 is 1.11 bits per heavy atom. The molecular weight excluding hydrogens is 360 g/mol. The van der Waals surface area contributed by atoms with Gasteiger partial charge in [-0.2, -0.15) is 0 Å². The summed E-state index contributed by atoms with van der Waals surface area (Å²) in [4.78, 5) is 35.9. The van der Waals surface area contributed by atoms with Crippen LogP contribution in [0, 0.1) is 13.8 Å². The molecule has 0 aliphatic rings. The summed E-state index contributed by atoms with van der Waals surface area (Å²) in [7, 11) is 0. The predicted octanol–water partition coefficient (Wildman–Crippen LogP) is 3.28. The third kappa shape index (κ3) is 6.87. The van der Waals surface area contributed by atoms with Gasteiger partial charge in [0.15, 0.2) is 0 Å². The van der Waals surface area contributed by atoms with E-state index in [1.165, 1.54) is 6.92 Å². The van der Waals surface area contributed by atoms with Gasteiger partial charge < -0.3 is 20.5 Å². The molecule has 0 fully saturated rings. The van der Waals surface area contributed by atoms with E-state index in [-0.39, 0.29) is 6.42 Å². The summed E-state index contributed by atoms with van der Waals surface area (Å²) >= 11 is 0. The molecule has 28 heavy (non-hydrogen) atoms. The minimum atomic E-state index is -0.914. The molecule has 3 N–H and O–H groups in total. The molecule has 1 aromatic rings. The van der Waals surface area contributed by atoms with Crippen LogP contribution in [0.25, 0.3) is 0 Å². The van der Waals surface area contributed by atoms with Gasteiger partial charge in [0.25, 0.3) is 0 Å². The first-order valence-electron chi connectivity index (χ1n) is 9.23. The molecule has 2 amide bonds. The molecule has 0 radical (unpaired) electrons. The summed E-state index contributed by atoms with van der Waals surface area (Å²) in [5.41, 5.74) is 6.63. The lowest BCUT2D eigenvalue weighted by Gasteiger charge is -2.29. The largest absolute Gasteiger partial charge is 0.444 e. The number of hydrogen-bond acceptors (Lipinski definition) is 5. The third-order valence-electron chi connectivity index (χ3n) is 4.03. The molecule has 0 aromatic heterocycles. The Morgan fingerprint density at radius 2 is 1.68 bits per heavy atom. The van der Waals surface area contributed by atoms with E-state index in [1.807, 2.05) is 33.8 Å². The number of carbonyl (C=O) groups is 3. The van der Waals surface area contributed by atoms with Gasteiger partial charge >= 0.3 is 12.1 Å². The fourth-order valence-corrected chi connectivity index (χ4v) is 3.14. The van der Waals surface area contributed by atoms with Gasteiger partial charge in [0.05, 0.1) is 0 Å². The van der Waals surface area contributed by atoms with Gasteiger partial charge in [0, 0.05) is 17.4 Å². The SMILES string of the molecule is Cc1cc(C)c(C(C)(C)CC(N)=O)c(OC(=O)C(C)NC(=O)OC(C)(C)C)c1. The smallest absolute Gasteiger partial charge is 0.408 e. The molecular formula is C21H32N2O5. The first kappa shape index (κ1) is 23.5. The Labute approximate surface area is 167 Å². The van der Waals surface area contributed by atoms with Crippen molar-refractivity contribution in [3.05, 3.63) is 28.8 Å². The van der Waals surface area contributed by atoms with E-state index in [2.05, 4.69) is 5.32 Å². The van der Waals surface area contributed by atoms with Crippen LogP contribution in [0.15, 0.2) is 12.1 Å². The molecule has 1 unspecified atom stereocenters. The van der Waals surface area contributed by atoms with Crippen LogP contribution in [0.3, 0.4) is 0 Å². The molecule has 0 aliphatic carbocycles. The highest BCUT2D eigenvalue weighted by molar-refractivity contribution is 5.83. The number of alkyl carbamates (subject to hydrolysis) is 1. The van der Waals surface area contributed by atoms with Crippen LogP contribution in [0.1, 0.15) is 64.7 Å². The monoisotopic (exact) mass is 392 g/mol. The fourth-order valence-electron chi connectivity index (χ4n) is 3.14. The van der Waals surface area contributed by atoms with Gasteiger partial charge in [-0.1, -0.05) is 19.9 Å². The highest BCUT2D eigenvalue weighted by atomic mass is 16.6. The van der Waals surface area contributed by atoms with Gasteiger partial charge in [0.2, 0.25) is 5.91 Å². The van der Waals surface area contributed by atoms with Gasteiger partial charge in [-0.15, -0.1) is 0 Å². The molecule has 0 spiro atoms. The van der Waals surface area contributed by atoms with E-state index < -0.39 is 35.0 Å². The summed E-state index contributed by atoms with van der Waals surface area (Å²) in [5, 5.41) is 2.47. The minimum absolute atomic E-state index is 0.104. The molecule has 0 saturated heterocycles. The van der Waals surface area contributed by atoms with Crippen molar-refractivity contribution < 1.29 is 23.9 Å². The van der Waals surface area contributed by atoms with Crippen molar-refractivity contribution in [2.24, 2.45) is 5.73 Å². The molecule has 7 heteroatoms. The summed E-state index contributed by atoms with van der Waals surface area (Å²) in [6, 6.07) is 2.78. The second kappa shape index (κ2) is 8.63. The van der Waals surface area contributed by atoms with Crippen LogP contribution in [-0.2, 0) is 19.7 Å². The second-order valence-corrected chi connectivity index (χ2v) is 8.77. The van der Waals surface area contributed by atoms with Gasteiger partial charge in [-0.05, 0) is 58.7 Å². The number of rotatable bonds is 6. The summed E-state index contributed by atoms with van der Waals surface area (Å²) < 4.78 is 10.8. The molecule has 1 atom stereocenters. The first-order valence-corrected chi connectivity index (χ1v) is 9.23. The van der Waals surface area contributed by atoms with E-state index >= 15 is 0 Å². The van der Waals surface area contributed by atoms with Crippen LogP contribution in [0.5, 0.6) is 5.75 Å². The minimum Gasteiger partial charge on any atom is -0.444 e. The lowest BCUT2D eigenvalue weighted by molar-refractivity contribution is -0.136. The third-order valence-corrected chi connectivity index (χ3v) is 4.03.